The fraction of sp³-hybridized carbons (Fsp3) is 0.231. The molecule has 4 rings (SSSR count). The second-order valence-corrected chi connectivity index (χ2v) is 9.39. The number of halogens is 5. The molecule has 0 fully saturated rings. The van der Waals surface area contributed by atoms with Crippen LogP contribution in [0.4, 0.5) is 39.7 Å². The molecular formula is C26H24ClF4N7O3. The van der Waals surface area contributed by atoms with Gasteiger partial charge in [0.2, 0.25) is 5.95 Å². The van der Waals surface area contributed by atoms with Crippen molar-refractivity contribution in [1.82, 2.24) is 19.6 Å². The maximum Gasteiger partial charge on any atom is 0.419 e. The molecule has 2 amide bonds. The number of aromatic nitrogens is 3. The van der Waals surface area contributed by atoms with E-state index >= 15 is 0 Å². The lowest BCUT2D eigenvalue weighted by molar-refractivity contribution is -0.139. The van der Waals surface area contributed by atoms with Gasteiger partial charge in [0, 0.05) is 40.9 Å². The third-order valence-electron chi connectivity index (χ3n) is 5.79. The predicted molar refractivity (Wildman–Crippen MR) is 148 cm³/mol. The number of hydrogen-bond acceptors (Lipinski definition) is 7. The number of alkyl halides is 3. The predicted octanol–water partition coefficient (Wildman–Crippen LogP) is 4.95. The van der Waals surface area contributed by atoms with Crippen molar-refractivity contribution in [3.05, 3.63) is 75.4 Å². The van der Waals surface area contributed by atoms with Gasteiger partial charge in [-0.2, -0.15) is 18.2 Å². The molecule has 0 aliphatic carbocycles. The molecule has 0 aliphatic heterocycles. The Bertz CT molecular complexity index is 1660. The van der Waals surface area contributed by atoms with Crippen LogP contribution < -0.4 is 26.3 Å². The number of nitrogens with one attached hydrogen (secondary N) is 3. The molecule has 10 nitrogen and oxygen atoms in total. The molecule has 3 N–H and O–H groups in total. The van der Waals surface area contributed by atoms with E-state index in [-0.39, 0.29) is 27.5 Å². The summed E-state index contributed by atoms with van der Waals surface area (Å²) in [6.45, 7) is 1.30. The van der Waals surface area contributed by atoms with Crippen molar-refractivity contribution >= 4 is 46.0 Å². The summed E-state index contributed by atoms with van der Waals surface area (Å²) in [6, 6.07) is 7.20. The standard InChI is InChI=1S/C26H24ClF4N7O3/c1-37(2)10-9-32-24-33-13-14-11-17(23(39)38(41-3)22(14)36-24)16-12-15(7-8-19(16)27)34-25(40)35-20-6-4-5-18(21(20)28)26(29,30)31/h4-8,11-13H,9-10H2,1-3H3,(H,32,33,36)(H2,34,35,40). The second-order valence-electron chi connectivity index (χ2n) is 8.98. The zero-order chi connectivity index (χ0) is 29.9. The Morgan fingerprint density at radius 2 is 1.88 bits per heavy atom. The molecule has 0 spiro atoms. The van der Waals surface area contributed by atoms with Crippen molar-refractivity contribution in [2.45, 2.75) is 6.18 Å². The van der Waals surface area contributed by atoms with Gasteiger partial charge in [0.05, 0.1) is 16.8 Å². The second kappa shape index (κ2) is 12.0. The molecule has 41 heavy (non-hydrogen) atoms. The maximum absolute atomic E-state index is 14.3. The number of urea groups is 1. The fourth-order valence-electron chi connectivity index (χ4n) is 3.85. The Balaban J connectivity index is 1.63. The van der Waals surface area contributed by atoms with E-state index in [1.807, 2.05) is 19.0 Å². The van der Waals surface area contributed by atoms with Crippen LogP contribution in [0, 0.1) is 5.82 Å². The fourth-order valence-corrected chi connectivity index (χ4v) is 4.07. The number of rotatable bonds is 8. The van der Waals surface area contributed by atoms with Gasteiger partial charge in [-0.05, 0) is 50.5 Å². The highest BCUT2D eigenvalue weighted by Gasteiger charge is 2.35. The van der Waals surface area contributed by atoms with E-state index in [9.17, 15) is 27.2 Å². The van der Waals surface area contributed by atoms with Crippen LogP contribution in [0.1, 0.15) is 5.56 Å². The quantitative estimate of drug-likeness (QED) is 0.248. The minimum atomic E-state index is -4.94. The Kier molecular flexibility index (Phi) is 8.63. The maximum atomic E-state index is 14.3. The number of carbonyl (C=O) groups excluding carboxylic acids is 1. The Hall–Kier alpha value is -4.43. The van der Waals surface area contributed by atoms with Gasteiger partial charge in [0.1, 0.15) is 7.11 Å². The minimum absolute atomic E-state index is 0.0919. The summed E-state index contributed by atoms with van der Waals surface area (Å²) >= 11 is 6.39. The summed E-state index contributed by atoms with van der Waals surface area (Å²) in [6.07, 6.45) is -3.43. The third kappa shape index (κ3) is 6.66. The first-order valence-corrected chi connectivity index (χ1v) is 12.4. The molecule has 0 bridgehead atoms. The van der Waals surface area contributed by atoms with Gasteiger partial charge < -0.3 is 25.7 Å². The summed E-state index contributed by atoms with van der Waals surface area (Å²) < 4.78 is 54.3. The first-order chi connectivity index (χ1) is 19.4. The number of anilines is 3. The summed E-state index contributed by atoms with van der Waals surface area (Å²) in [5, 5.41) is 8.13. The molecule has 0 atom stereocenters. The molecule has 216 valence electrons. The first-order valence-electron chi connectivity index (χ1n) is 12.0. The summed E-state index contributed by atoms with van der Waals surface area (Å²) in [4.78, 5) is 41.8. The molecule has 0 saturated heterocycles. The van der Waals surface area contributed by atoms with Gasteiger partial charge in [-0.1, -0.05) is 17.7 Å². The van der Waals surface area contributed by atoms with E-state index in [0.717, 1.165) is 23.4 Å². The first kappa shape index (κ1) is 29.6. The van der Waals surface area contributed by atoms with Gasteiger partial charge in [-0.25, -0.2) is 14.2 Å². The molecule has 4 aromatic rings. The number of amides is 2. The zero-order valence-electron chi connectivity index (χ0n) is 21.9. The van der Waals surface area contributed by atoms with Crippen molar-refractivity contribution < 1.29 is 27.2 Å². The number of hydrogen-bond donors (Lipinski definition) is 3. The van der Waals surface area contributed by atoms with Crippen molar-refractivity contribution in [2.24, 2.45) is 0 Å². The SMILES string of the molecule is COn1c(=O)c(-c2cc(NC(=O)Nc3cccc(C(F)(F)F)c3F)ccc2Cl)cc2cnc(NCCN(C)C)nc21. The average Bonchev–Trinajstić information content (AvgIpc) is 2.90. The van der Waals surface area contributed by atoms with Crippen LogP contribution >= 0.6 is 11.6 Å². The topological polar surface area (TPSA) is 113 Å². The Morgan fingerprint density at radius 3 is 2.56 bits per heavy atom. The highest BCUT2D eigenvalue weighted by atomic mass is 35.5. The van der Waals surface area contributed by atoms with Crippen LogP contribution in [-0.4, -0.2) is 59.9 Å². The molecule has 2 aromatic heterocycles. The van der Waals surface area contributed by atoms with Crippen LogP contribution in [-0.2, 0) is 6.18 Å². The van der Waals surface area contributed by atoms with Crippen molar-refractivity contribution in [3.8, 4) is 11.1 Å². The van der Waals surface area contributed by atoms with Crippen LogP contribution in [0.5, 0.6) is 0 Å². The highest BCUT2D eigenvalue weighted by Crippen LogP contribution is 2.34. The molecule has 0 radical (unpaired) electrons. The smallest absolute Gasteiger partial charge is 0.412 e. The largest absolute Gasteiger partial charge is 0.419 e. The number of likely N-dealkylation sites (N-methyl/N-ethyl adjacent to an activating group) is 1. The van der Waals surface area contributed by atoms with Crippen LogP contribution in [0.2, 0.25) is 5.02 Å². The number of fused-ring (bicyclic) bond motifs is 1. The summed E-state index contributed by atoms with van der Waals surface area (Å²) in [5.74, 6) is -1.33. The molecule has 15 heteroatoms. The van der Waals surface area contributed by atoms with Gasteiger partial charge >= 0.3 is 12.2 Å². The van der Waals surface area contributed by atoms with Crippen LogP contribution in [0.25, 0.3) is 22.2 Å². The lowest BCUT2D eigenvalue weighted by atomic mass is 10.1. The average molecular weight is 594 g/mol. The van der Waals surface area contributed by atoms with E-state index < -0.39 is 34.8 Å². The zero-order valence-corrected chi connectivity index (χ0v) is 22.7. The van der Waals surface area contributed by atoms with Crippen molar-refractivity contribution in [3.63, 3.8) is 0 Å². The normalized spacial score (nSPS) is 11.5. The van der Waals surface area contributed by atoms with Crippen LogP contribution in [0.3, 0.4) is 0 Å². The van der Waals surface area contributed by atoms with Crippen molar-refractivity contribution in [1.29, 1.82) is 0 Å². The number of pyridine rings is 1. The lowest BCUT2D eigenvalue weighted by Crippen LogP contribution is -2.28. The van der Waals surface area contributed by atoms with Gasteiger partial charge in [0.25, 0.3) is 5.56 Å². The molecule has 0 unspecified atom stereocenters. The number of benzene rings is 2. The van der Waals surface area contributed by atoms with E-state index in [4.69, 9.17) is 16.4 Å². The lowest BCUT2D eigenvalue weighted by Gasteiger charge is -2.15. The number of carbonyl (C=O) groups is 1. The molecule has 2 heterocycles. The minimum Gasteiger partial charge on any atom is -0.412 e. The van der Waals surface area contributed by atoms with E-state index in [2.05, 4.69) is 25.9 Å². The summed E-state index contributed by atoms with van der Waals surface area (Å²) in [5.41, 5.74) is -2.16. The highest BCUT2D eigenvalue weighted by molar-refractivity contribution is 6.33. The van der Waals surface area contributed by atoms with Crippen molar-refractivity contribution in [2.75, 3.05) is 50.2 Å². The number of nitrogens with zero attached hydrogens (tertiary/aromatic N) is 4. The van der Waals surface area contributed by atoms with Crippen LogP contribution in [0.15, 0.2) is 53.5 Å². The molecule has 0 saturated carbocycles. The third-order valence-corrected chi connectivity index (χ3v) is 6.12. The van der Waals surface area contributed by atoms with Gasteiger partial charge in [-0.15, -0.1) is 4.73 Å². The Labute approximate surface area is 235 Å². The van der Waals surface area contributed by atoms with Gasteiger partial charge in [0.15, 0.2) is 11.5 Å². The van der Waals surface area contributed by atoms with E-state index in [1.165, 1.54) is 37.6 Å². The van der Waals surface area contributed by atoms with Gasteiger partial charge in [-0.3, -0.25) is 4.79 Å². The molecule has 0 aliphatic rings. The Morgan fingerprint density at radius 1 is 1.12 bits per heavy atom. The van der Waals surface area contributed by atoms with E-state index in [0.29, 0.717) is 23.9 Å². The monoisotopic (exact) mass is 593 g/mol. The molecular weight excluding hydrogens is 570 g/mol. The molecule has 2 aromatic carbocycles. The van der Waals surface area contributed by atoms with E-state index in [1.54, 1.807) is 0 Å². The summed E-state index contributed by atoms with van der Waals surface area (Å²) in [7, 11) is 5.14.